The zero-order chi connectivity index (χ0) is 14.1. The number of nitrogens with zero attached hydrogens (tertiary/aromatic N) is 1. The summed E-state index contributed by atoms with van der Waals surface area (Å²) in [6, 6.07) is -0.235. The number of nitrogens with one attached hydrogen (secondary N) is 1. The Morgan fingerprint density at radius 3 is 2.37 bits per heavy atom. The minimum absolute atomic E-state index is 0.0212. The van der Waals surface area contributed by atoms with Crippen molar-refractivity contribution >= 4 is 24.6 Å². The second-order valence-electron chi connectivity index (χ2n) is 6.23. The lowest BCUT2D eigenvalue weighted by Crippen LogP contribution is -2.46. The molecular weight excluding hydrogens is 260 g/mol. The van der Waals surface area contributed by atoms with Crippen LogP contribution in [0.15, 0.2) is 0 Å². The third-order valence-corrected chi connectivity index (χ3v) is 5.47. The molecule has 0 bridgehead atoms. The van der Waals surface area contributed by atoms with Crippen LogP contribution in [-0.4, -0.2) is 34.7 Å². The fraction of sp³-hybridized carbons (Fsp3) is 0.857. The highest BCUT2D eigenvalue weighted by Gasteiger charge is 2.49. The molecular formula is C14H24N2O2S. The lowest BCUT2D eigenvalue weighted by atomic mass is 9.75. The number of hydrogen-bond acceptors (Lipinski definition) is 3. The van der Waals surface area contributed by atoms with Crippen LogP contribution in [0.2, 0.25) is 0 Å². The van der Waals surface area contributed by atoms with E-state index in [2.05, 4.69) is 17.9 Å². The molecule has 4 nitrogen and oxygen atoms in total. The molecule has 108 valence electrons. The number of amides is 3. The van der Waals surface area contributed by atoms with Crippen molar-refractivity contribution in [1.29, 1.82) is 0 Å². The van der Waals surface area contributed by atoms with E-state index in [1.54, 1.807) is 0 Å². The summed E-state index contributed by atoms with van der Waals surface area (Å²) in [4.78, 5) is 25.9. The van der Waals surface area contributed by atoms with E-state index in [4.69, 9.17) is 0 Å². The van der Waals surface area contributed by atoms with Crippen LogP contribution >= 0.6 is 12.6 Å². The molecule has 3 amide bonds. The number of thiol groups is 1. The van der Waals surface area contributed by atoms with Crippen LogP contribution in [0.25, 0.3) is 0 Å². The summed E-state index contributed by atoms with van der Waals surface area (Å²) in [6.07, 6.45) is 6.36. The van der Waals surface area contributed by atoms with Crippen LogP contribution in [0.5, 0.6) is 0 Å². The highest BCUT2D eigenvalue weighted by atomic mass is 32.1. The summed E-state index contributed by atoms with van der Waals surface area (Å²) in [5.74, 6) is 0.666. The topological polar surface area (TPSA) is 49.4 Å². The number of carbonyl (C=O) groups is 2. The SMILES string of the molecule is CCC1(C)NC(=O)N(CC2(CS)CCCCC2)C1=O. The van der Waals surface area contributed by atoms with Gasteiger partial charge in [0.1, 0.15) is 5.54 Å². The van der Waals surface area contributed by atoms with Gasteiger partial charge in [0.2, 0.25) is 0 Å². The lowest BCUT2D eigenvalue weighted by molar-refractivity contribution is -0.132. The first-order chi connectivity index (χ1) is 8.96. The third kappa shape index (κ3) is 2.62. The van der Waals surface area contributed by atoms with E-state index in [-0.39, 0.29) is 17.4 Å². The quantitative estimate of drug-likeness (QED) is 0.616. The molecule has 0 aromatic heterocycles. The van der Waals surface area contributed by atoms with Crippen LogP contribution in [-0.2, 0) is 4.79 Å². The second kappa shape index (κ2) is 5.35. The lowest BCUT2D eigenvalue weighted by Gasteiger charge is -2.38. The third-order valence-electron chi connectivity index (χ3n) is 4.80. The fourth-order valence-corrected chi connectivity index (χ4v) is 3.55. The molecule has 1 aliphatic heterocycles. The maximum absolute atomic E-state index is 12.4. The van der Waals surface area contributed by atoms with Crippen molar-refractivity contribution in [2.45, 2.75) is 57.9 Å². The Balaban J connectivity index is 2.14. The molecule has 0 aromatic carbocycles. The van der Waals surface area contributed by atoms with Crippen molar-refractivity contribution in [3.63, 3.8) is 0 Å². The summed E-state index contributed by atoms with van der Waals surface area (Å²) in [5.41, 5.74) is -0.698. The van der Waals surface area contributed by atoms with Gasteiger partial charge in [-0.2, -0.15) is 12.6 Å². The van der Waals surface area contributed by atoms with E-state index in [0.29, 0.717) is 13.0 Å². The number of rotatable bonds is 4. The first-order valence-electron chi connectivity index (χ1n) is 7.21. The Labute approximate surface area is 120 Å². The minimum atomic E-state index is -0.719. The molecule has 0 aromatic rings. The standard InChI is InChI=1S/C14H24N2O2S/c1-3-13(2)11(17)16(12(18)15-13)9-14(10-19)7-5-4-6-8-14/h19H,3-10H2,1-2H3,(H,15,18). The molecule has 0 radical (unpaired) electrons. The Hall–Kier alpha value is -0.710. The summed E-state index contributed by atoms with van der Waals surface area (Å²) in [6.45, 7) is 4.26. The van der Waals surface area contributed by atoms with Crippen LogP contribution in [0.4, 0.5) is 4.79 Å². The second-order valence-corrected chi connectivity index (χ2v) is 6.54. The van der Waals surface area contributed by atoms with Gasteiger partial charge in [0.25, 0.3) is 5.91 Å². The molecule has 5 heteroatoms. The van der Waals surface area contributed by atoms with E-state index < -0.39 is 5.54 Å². The summed E-state index contributed by atoms with van der Waals surface area (Å²) < 4.78 is 0. The van der Waals surface area contributed by atoms with Gasteiger partial charge in [-0.1, -0.05) is 26.2 Å². The highest BCUT2D eigenvalue weighted by Crippen LogP contribution is 2.39. The predicted octanol–water partition coefficient (Wildman–Crippen LogP) is 2.59. The molecule has 1 aliphatic carbocycles. The largest absolute Gasteiger partial charge is 0.325 e. The van der Waals surface area contributed by atoms with Crippen molar-refractivity contribution < 1.29 is 9.59 Å². The summed E-state index contributed by atoms with van der Waals surface area (Å²) in [7, 11) is 0. The molecule has 0 spiro atoms. The Bertz CT molecular complexity index is 380. The zero-order valence-corrected chi connectivity index (χ0v) is 12.8. The average molecular weight is 284 g/mol. The Morgan fingerprint density at radius 2 is 1.89 bits per heavy atom. The molecule has 2 rings (SSSR count). The molecule has 2 aliphatic rings. The van der Waals surface area contributed by atoms with Gasteiger partial charge < -0.3 is 5.32 Å². The molecule has 2 fully saturated rings. The van der Waals surface area contributed by atoms with Gasteiger partial charge in [0.05, 0.1) is 0 Å². The molecule has 1 unspecified atom stereocenters. The molecule has 1 heterocycles. The summed E-state index contributed by atoms with van der Waals surface area (Å²) >= 11 is 4.48. The monoisotopic (exact) mass is 284 g/mol. The van der Waals surface area contributed by atoms with Crippen LogP contribution in [0, 0.1) is 5.41 Å². The maximum Gasteiger partial charge on any atom is 0.325 e. The average Bonchev–Trinajstić information content (AvgIpc) is 2.64. The van der Waals surface area contributed by atoms with Gasteiger partial charge in [-0.3, -0.25) is 9.69 Å². The van der Waals surface area contributed by atoms with Gasteiger partial charge in [0, 0.05) is 6.54 Å². The van der Waals surface area contributed by atoms with Gasteiger partial charge in [0.15, 0.2) is 0 Å². The predicted molar refractivity (Wildman–Crippen MR) is 78.3 cm³/mol. The molecule has 1 saturated heterocycles. The van der Waals surface area contributed by atoms with Gasteiger partial charge in [-0.05, 0) is 37.4 Å². The van der Waals surface area contributed by atoms with Crippen molar-refractivity contribution in [3.8, 4) is 0 Å². The molecule has 19 heavy (non-hydrogen) atoms. The smallest absolute Gasteiger partial charge is 0.323 e. The normalized spacial score (nSPS) is 30.6. The summed E-state index contributed by atoms with van der Waals surface area (Å²) in [5, 5.41) is 2.82. The molecule has 1 saturated carbocycles. The molecule has 1 atom stereocenters. The zero-order valence-electron chi connectivity index (χ0n) is 11.9. The first-order valence-corrected chi connectivity index (χ1v) is 7.85. The van der Waals surface area contributed by atoms with E-state index in [9.17, 15) is 9.59 Å². The van der Waals surface area contributed by atoms with E-state index >= 15 is 0 Å². The van der Waals surface area contributed by atoms with E-state index in [0.717, 1.165) is 18.6 Å². The van der Waals surface area contributed by atoms with Gasteiger partial charge in [-0.15, -0.1) is 0 Å². The van der Waals surface area contributed by atoms with E-state index in [1.165, 1.54) is 24.2 Å². The van der Waals surface area contributed by atoms with E-state index in [1.807, 2.05) is 13.8 Å². The van der Waals surface area contributed by atoms with Gasteiger partial charge >= 0.3 is 6.03 Å². The first kappa shape index (κ1) is 14.7. The fourth-order valence-electron chi connectivity index (χ4n) is 3.13. The van der Waals surface area contributed by atoms with Crippen LogP contribution < -0.4 is 5.32 Å². The van der Waals surface area contributed by atoms with Crippen molar-refractivity contribution in [1.82, 2.24) is 10.2 Å². The highest BCUT2D eigenvalue weighted by molar-refractivity contribution is 7.80. The number of hydrogen-bond donors (Lipinski definition) is 2. The van der Waals surface area contributed by atoms with Gasteiger partial charge in [-0.25, -0.2) is 4.79 Å². The minimum Gasteiger partial charge on any atom is -0.323 e. The van der Waals surface area contributed by atoms with Crippen LogP contribution in [0.1, 0.15) is 52.4 Å². The number of carbonyl (C=O) groups excluding carboxylic acids is 2. The van der Waals surface area contributed by atoms with Crippen molar-refractivity contribution in [3.05, 3.63) is 0 Å². The van der Waals surface area contributed by atoms with Crippen molar-refractivity contribution in [2.75, 3.05) is 12.3 Å². The van der Waals surface area contributed by atoms with Crippen LogP contribution in [0.3, 0.4) is 0 Å². The Morgan fingerprint density at radius 1 is 1.26 bits per heavy atom. The number of imide groups is 1. The number of urea groups is 1. The Kier molecular flexibility index (Phi) is 4.14. The molecule has 1 N–H and O–H groups in total. The van der Waals surface area contributed by atoms with Crippen molar-refractivity contribution in [2.24, 2.45) is 5.41 Å². The maximum atomic E-state index is 12.4.